The van der Waals surface area contributed by atoms with Crippen molar-refractivity contribution in [3.05, 3.63) is 0 Å². The van der Waals surface area contributed by atoms with Crippen molar-refractivity contribution in [2.75, 3.05) is 19.6 Å². The lowest BCUT2D eigenvalue weighted by atomic mass is 9.79. The van der Waals surface area contributed by atoms with Crippen LogP contribution in [0.3, 0.4) is 0 Å². The normalized spacial score (nSPS) is 48.0. The Balaban J connectivity index is 1.61. The zero-order valence-corrected chi connectivity index (χ0v) is 10.3. The third kappa shape index (κ3) is 2.35. The van der Waals surface area contributed by atoms with Gasteiger partial charge in [-0.3, -0.25) is 15.5 Å². The molecule has 5 N–H and O–H groups in total. The van der Waals surface area contributed by atoms with Crippen LogP contribution in [0, 0.1) is 5.92 Å². The monoisotopic (exact) mass is 240 g/mol. The van der Waals surface area contributed by atoms with Crippen molar-refractivity contribution in [2.24, 2.45) is 11.7 Å². The Labute approximate surface area is 103 Å². The number of hydrogen-bond donors (Lipinski definition) is 4. The maximum atomic E-state index is 10.2. The number of hydrogen-bond acceptors (Lipinski definition) is 5. The molecule has 0 spiro atoms. The van der Waals surface area contributed by atoms with Crippen LogP contribution in [0.2, 0.25) is 0 Å². The number of aliphatic hydroxyl groups excluding tert-OH is 1. The van der Waals surface area contributed by atoms with Gasteiger partial charge in [0.05, 0.1) is 6.10 Å². The average molecular weight is 240 g/mol. The van der Waals surface area contributed by atoms with E-state index in [4.69, 9.17) is 5.73 Å². The molecular weight excluding hydrogens is 216 g/mol. The minimum Gasteiger partial charge on any atom is -0.393 e. The van der Waals surface area contributed by atoms with Crippen molar-refractivity contribution in [3.8, 4) is 0 Å². The Hall–Kier alpha value is -0.200. The summed E-state index contributed by atoms with van der Waals surface area (Å²) in [5.41, 5.74) is 5.90. The lowest BCUT2D eigenvalue weighted by Gasteiger charge is -2.35. The van der Waals surface area contributed by atoms with Crippen LogP contribution in [0.15, 0.2) is 0 Å². The number of fused-ring (bicyclic) bond motifs is 1. The Bertz CT molecular complexity index is 261. The van der Waals surface area contributed by atoms with Crippen molar-refractivity contribution in [3.63, 3.8) is 0 Å². The summed E-state index contributed by atoms with van der Waals surface area (Å²) in [6.45, 7) is 3.33. The zero-order chi connectivity index (χ0) is 11.8. The van der Waals surface area contributed by atoms with E-state index in [0.717, 1.165) is 32.4 Å². The SMILES string of the molecule is NC1CCC(C2CN3CCCNC3N2)C(O)C1. The molecule has 2 saturated heterocycles. The minimum atomic E-state index is -0.224. The van der Waals surface area contributed by atoms with E-state index in [1.165, 1.54) is 13.0 Å². The summed E-state index contributed by atoms with van der Waals surface area (Å²) >= 11 is 0. The highest BCUT2D eigenvalue weighted by Gasteiger charge is 2.40. The summed E-state index contributed by atoms with van der Waals surface area (Å²) in [6, 6.07) is 0.622. The standard InChI is InChI=1S/C12H24N4O/c13-8-2-3-9(11(17)6-8)10-7-16-5-1-4-14-12(16)15-10/h8-12,14-15,17H,1-7,13H2. The molecule has 0 aromatic carbocycles. The zero-order valence-electron chi connectivity index (χ0n) is 10.3. The highest BCUT2D eigenvalue weighted by molar-refractivity contribution is 4.96. The van der Waals surface area contributed by atoms with Gasteiger partial charge in [-0.2, -0.15) is 0 Å². The fraction of sp³-hybridized carbons (Fsp3) is 1.00. The minimum absolute atomic E-state index is 0.198. The van der Waals surface area contributed by atoms with Crippen LogP contribution in [-0.2, 0) is 0 Å². The fourth-order valence-corrected chi connectivity index (χ4v) is 3.58. The molecule has 5 nitrogen and oxygen atoms in total. The molecule has 0 aromatic rings. The molecule has 0 aromatic heterocycles. The Morgan fingerprint density at radius 3 is 2.94 bits per heavy atom. The highest BCUT2D eigenvalue weighted by atomic mass is 16.3. The Morgan fingerprint density at radius 2 is 2.18 bits per heavy atom. The number of rotatable bonds is 1. The van der Waals surface area contributed by atoms with Gasteiger partial charge in [-0.25, -0.2) is 0 Å². The summed E-state index contributed by atoms with van der Waals surface area (Å²) in [7, 11) is 0. The molecule has 2 aliphatic heterocycles. The average Bonchev–Trinajstić information content (AvgIpc) is 2.72. The molecule has 98 valence electrons. The molecule has 2 heterocycles. The second-order valence-electron chi connectivity index (χ2n) is 5.78. The van der Waals surface area contributed by atoms with Crippen LogP contribution in [0.5, 0.6) is 0 Å². The molecule has 3 fully saturated rings. The summed E-state index contributed by atoms with van der Waals surface area (Å²) in [6.07, 6.45) is 4.21. The van der Waals surface area contributed by atoms with E-state index >= 15 is 0 Å². The van der Waals surface area contributed by atoms with Crippen LogP contribution >= 0.6 is 0 Å². The van der Waals surface area contributed by atoms with E-state index in [1.807, 2.05) is 0 Å². The Kier molecular flexibility index (Phi) is 3.36. The molecule has 5 atom stereocenters. The molecule has 0 amide bonds. The quantitative estimate of drug-likeness (QED) is 0.474. The van der Waals surface area contributed by atoms with Crippen LogP contribution in [0.25, 0.3) is 0 Å². The van der Waals surface area contributed by atoms with Crippen LogP contribution in [0.1, 0.15) is 25.7 Å². The van der Waals surface area contributed by atoms with Gasteiger partial charge in [0.1, 0.15) is 6.29 Å². The lowest BCUT2D eigenvalue weighted by molar-refractivity contribution is 0.0451. The van der Waals surface area contributed by atoms with Gasteiger partial charge in [0.25, 0.3) is 0 Å². The van der Waals surface area contributed by atoms with Crippen molar-refractivity contribution < 1.29 is 5.11 Å². The molecule has 0 bridgehead atoms. The molecule has 0 radical (unpaired) electrons. The second kappa shape index (κ2) is 4.82. The van der Waals surface area contributed by atoms with Gasteiger partial charge < -0.3 is 10.8 Å². The van der Waals surface area contributed by atoms with E-state index in [9.17, 15) is 5.11 Å². The van der Waals surface area contributed by atoms with E-state index < -0.39 is 0 Å². The van der Waals surface area contributed by atoms with Crippen LogP contribution in [0.4, 0.5) is 0 Å². The summed E-state index contributed by atoms with van der Waals surface area (Å²) in [5.74, 6) is 0.377. The number of nitrogens with two attached hydrogens (primary N) is 1. The van der Waals surface area contributed by atoms with Gasteiger partial charge in [-0.05, 0) is 32.2 Å². The van der Waals surface area contributed by atoms with E-state index in [1.54, 1.807) is 0 Å². The van der Waals surface area contributed by atoms with Gasteiger partial charge in [0, 0.05) is 31.1 Å². The van der Waals surface area contributed by atoms with E-state index in [2.05, 4.69) is 15.5 Å². The largest absolute Gasteiger partial charge is 0.393 e. The molecule has 5 heteroatoms. The first-order chi connectivity index (χ1) is 8.24. The number of nitrogens with zero attached hydrogens (tertiary/aromatic N) is 1. The smallest absolute Gasteiger partial charge is 0.114 e. The maximum absolute atomic E-state index is 10.2. The molecule has 5 unspecified atom stereocenters. The molecular formula is C12H24N4O. The predicted octanol–water partition coefficient (Wildman–Crippen LogP) is -0.975. The summed E-state index contributed by atoms with van der Waals surface area (Å²) in [4.78, 5) is 2.45. The van der Waals surface area contributed by atoms with Gasteiger partial charge >= 0.3 is 0 Å². The molecule has 3 rings (SSSR count). The van der Waals surface area contributed by atoms with Crippen molar-refractivity contribution in [1.29, 1.82) is 0 Å². The van der Waals surface area contributed by atoms with Crippen molar-refractivity contribution in [2.45, 2.75) is 50.2 Å². The summed E-state index contributed by atoms with van der Waals surface area (Å²) < 4.78 is 0. The third-order valence-corrected chi connectivity index (χ3v) is 4.55. The third-order valence-electron chi connectivity index (χ3n) is 4.55. The predicted molar refractivity (Wildman–Crippen MR) is 66.2 cm³/mol. The van der Waals surface area contributed by atoms with Crippen molar-refractivity contribution in [1.82, 2.24) is 15.5 Å². The second-order valence-corrected chi connectivity index (χ2v) is 5.78. The Morgan fingerprint density at radius 1 is 1.29 bits per heavy atom. The number of nitrogens with one attached hydrogen (secondary N) is 2. The molecule has 1 saturated carbocycles. The first kappa shape index (κ1) is 11.9. The van der Waals surface area contributed by atoms with Crippen LogP contribution < -0.4 is 16.4 Å². The van der Waals surface area contributed by atoms with Gasteiger partial charge in [-0.15, -0.1) is 0 Å². The maximum Gasteiger partial charge on any atom is 0.114 e. The first-order valence-electron chi connectivity index (χ1n) is 6.91. The number of aliphatic hydroxyl groups is 1. The molecule has 1 aliphatic carbocycles. The molecule has 17 heavy (non-hydrogen) atoms. The highest BCUT2D eigenvalue weighted by Crippen LogP contribution is 2.29. The van der Waals surface area contributed by atoms with Gasteiger partial charge in [0.2, 0.25) is 0 Å². The van der Waals surface area contributed by atoms with Crippen LogP contribution in [-0.4, -0.2) is 54.1 Å². The molecule has 3 aliphatic rings. The topological polar surface area (TPSA) is 73.5 Å². The summed E-state index contributed by atoms with van der Waals surface area (Å²) in [5, 5.41) is 17.3. The van der Waals surface area contributed by atoms with Gasteiger partial charge in [-0.1, -0.05) is 0 Å². The lowest BCUT2D eigenvalue weighted by Crippen LogP contribution is -2.53. The van der Waals surface area contributed by atoms with Gasteiger partial charge in [0.15, 0.2) is 0 Å². The first-order valence-corrected chi connectivity index (χ1v) is 6.91. The van der Waals surface area contributed by atoms with Crippen molar-refractivity contribution >= 4 is 0 Å². The fourth-order valence-electron chi connectivity index (χ4n) is 3.58. The van der Waals surface area contributed by atoms with E-state index in [-0.39, 0.29) is 12.1 Å². The van der Waals surface area contributed by atoms with E-state index in [0.29, 0.717) is 18.2 Å².